The van der Waals surface area contributed by atoms with E-state index in [1.807, 2.05) is 0 Å². The summed E-state index contributed by atoms with van der Waals surface area (Å²) in [5, 5.41) is 3.13. The third-order valence-electron chi connectivity index (χ3n) is 2.95. The maximum absolute atomic E-state index is 13.0. The van der Waals surface area contributed by atoms with Gasteiger partial charge in [0.05, 0.1) is 0 Å². The van der Waals surface area contributed by atoms with Crippen molar-refractivity contribution >= 4 is 5.69 Å². The Morgan fingerprint density at radius 3 is 2.44 bits per heavy atom. The second-order valence-corrected chi connectivity index (χ2v) is 4.43. The van der Waals surface area contributed by atoms with Crippen LogP contribution < -0.4 is 11.1 Å². The third kappa shape index (κ3) is 2.92. The SMILES string of the molecule is NC1CCCC(Nc2cc(F)cc(F)c2)C1. The predicted octanol–water partition coefficient (Wildman–Crippen LogP) is 2.65. The normalized spacial score (nSPS) is 25.4. The number of rotatable bonds is 2. The van der Waals surface area contributed by atoms with Crippen LogP contribution in [-0.2, 0) is 0 Å². The minimum absolute atomic E-state index is 0.199. The van der Waals surface area contributed by atoms with Crippen LogP contribution in [0.4, 0.5) is 14.5 Å². The van der Waals surface area contributed by atoms with E-state index in [1.165, 1.54) is 12.1 Å². The maximum atomic E-state index is 13.0. The first-order valence-corrected chi connectivity index (χ1v) is 5.62. The van der Waals surface area contributed by atoms with E-state index in [0.29, 0.717) is 5.69 Å². The molecular weight excluding hydrogens is 210 g/mol. The zero-order valence-electron chi connectivity index (χ0n) is 9.05. The first kappa shape index (κ1) is 11.3. The third-order valence-corrected chi connectivity index (χ3v) is 2.95. The lowest BCUT2D eigenvalue weighted by Gasteiger charge is -2.28. The summed E-state index contributed by atoms with van der Waals surface area (Å²) in [6.07, 6.45) is 3.97. The molecule has 0 spiro atoms. The fourth-order valence-corrected chi connectivity index (χ4v) is 2.23. The van der Waals surface area contributed by atoms with Gasteiger partial charge in [-0.15, -0.1) is 0 Å². The van der Waals surface area contributed by atoms with Gasteiger partial charge in [0.15, 0.2) is 0 Å². The zero-order valence-corrected chi connectivity index (χ0v) is 9.05. The fraction of sp³-hybridized carbons (Fsp3) is 0.500. The Labute approximate surface area is 93.8 Å². The molecule has 0 bridgehead atoms. The van der Waals surface area contributed by atoms with Crippen molar-refractivity contribution in [1.29, 1.82) is 0 Å². The first-order chi connectivity index (χ1) is 7.63. The molecule has 1 fully saturated rings. The number of nitrogens with two attached hydrogens (primary N) is 1. The van der Waals surface area contributed by atoms with Gasteiger partial charge < -0.3 is 11.1 Å². The predicted molar refractivity (Wildman–Crippen MR) is 60.2 cm³/mol. The number of halogens is 2. The minimum atomic E-state index is -0.553. The maximum Gasteiger partial charge on any atom is 0.128 e. The number of benzene rings is 1. The van der Waals surface area contributed by atoms with Crippen molar-refractivity contribution in [3.05, 3.63) is 29.8 Å². The van der Waals surface area contributed by atoms with E-state index >= 15 is 0 Å². The van der Waals surface area contributed by atoms with Crippen molar-refractivity contribution in [2.45, 2.75) is 37.8 Å². The molecule has 1 aliphatic carbocycles. The summed E-state index contributed by atoms with van der Waals surface area (Å²) in [6, 6.07) is 3.92. The second-order valence-electron chi connectivity index (χ2n) is 4.43. The Morgan fingerprint density at radius 1 is 1.12 bits per heavy atom. The fourth-order valence-electron chi connectivity index (χ4n) is 2.23. The number of nitrogens with one attached hydrogen (secondary N) is 1. The number of hydrogen-bond donors (Lipinski definition) is 2. The molecule has 0 saturated heterocycles. The summed E-state index contributed by atoms with van der Waals surface area (Å²) >= 11 is 0. The largest absolute Gasteiger partial charge is 0.382 e. The molecule has 0 heterocycles. The number of anilines is 1. The Balaban J connectivity index is 2.02. The molecule has 1 aromatic rings. The van der Waals surface area contributed by atoms with Crippen LogP contribution in [0.25, 0.3) is 0 Å². The lowest BCUT2D eigenvalue weighted by molar-refractivity contribution is 0.409. The first-order valence-electron chi connectivity index (χ1n) is 5.62. The summed E-state index contributed by atoms with van der Waals surface area (Å²) in [4.78, 5) is 0. The molecule has 88 valence electrons. The quantitative estimate of drug-likeness (QED) is 0.813. The van der Waals surface area contributed by atoms with Gasteiger partial charge in [-0.3, -0.25) is 0 Å². The lowest BCUT2D eigenvalue weighted by Crippen LogP contribution is -2.34. The molecule has 16 heavy (non-hydrogen) atoms. The summed E-state index contributed by atoms with van der Waals surface area (Å²) in [5.74, 6) is -1.11. The van der Waals surface area contributed by atoms with Gasteiger partial charge in [-0.25, -0.2) is 8.78 Å². The molecule has 0 radical (unpaired) electrons. The van der Waals surface area contributed by atoms with Gasteiger partial charge in [0, 0.05) is 23.8 Å². The van der Waals surface area contributed by atoms with Crippen molar-refractivity contribution in [3.8, 4) is 0 Å². The Hall–Kier alpha value is -1.16. The molecule has 2 rings (SSSR count). The van der Waals surface area contributed by atoms with Crippen LogP contribution in [0.15, 0.2) is 18.2 Å². The summed E-state index contributed by atoms with van der Waals surface area (Å²) < 4.78 is 25.9. The van der Waals surface area contributed by atoms with E-state index in [2.05, 4.69) is 5.32 Å². The average Bonchev–Trinajstić information content (AvgIpc) is 2.15. The summed E-state index contributed by atoms with van der Waals surface area (Å²) in [7, 11) is 0. The van der Waals surface area contributed by atoms with Gasteiger partial charge in [0.1, 0.15) is 11.6 Å². The van der Waals surface area contributed by atoms with Crippen LogP contribution in [0, 0.1) is 11.6 Å². The Bertz CT molecular complexity index is 348. The molecule has 3 N–H and O–H groups in total. The van der Waals surface area contributed by atoms with Crippen molar-refractivity contribution in [2.24, 2.45) is 5.73 Å². The molecule has 0 aromatic heterocycles. The van der Waals surface area contributed by atoms with Crippen LogP contribution in [-0.4, -0.2) is 12.1 Å². The van der Waals surface area contributed by atoms with Crippen LogP contribution in [0.1, 0.15) is 25.7 Å². The molecule has 1 aliphatic rings. The van der Waals surface area contributed by atoms with Crippen LogP contribution in [0.3, 0.4) is 0 Å². The molecule has 0 amide bonds. The highest BCUT2D eigenvalue weighted by atomic mass is 19.1. The van der Waals surface area contributed by atoms with Crippen LogP contribution in [0.5, 0.6) is 0 Å². The van der Waals surface area contributed by atoms with Crippen LogP contribution in [0.2, 0.25) is 0 Å². The highest BCUT2D eigenvalue weighted by molar-refractivity contribution is 5.44. The second kappa shape index (κ2) is 4.78. The standard InChI is InChI=1S/C12H16F2N2/c13-8-4-9(14)6-12(5-8)16-11-3-1-2-10(15)7-11/h4-6,10-11,16H,1-3,7,15H2. The van der Waals surface area contributed by atoms with E-state index in [-0.39, 0.29) is 12.1 Å². The van der Waals surface area contributed by atoms with Gasteiger partial charge in [0.2, 0.25) is 0 Å². The van der Waals surface area contributed by atoms with Gasteiger partial charge in [0.25, 0.3) is 0 Å². The summed E-state index contributed by atoms with van der Waals surface area (Å²) in [6.45, 7) is 0. The van der Waals surface area contributed by atoms with E-state index in [9.17, 15) is 8.78 Å². The zero-order chi connectivity index (χ0) is 11.5. The number of hydrogen-bond acceptors (Lipinski definition) is 2. The van der Waals surface area contributed by atoms with Crippen LogP contribution >= 0.6 is 0 Å². The van der Waals surface area contributed by atoms with Gasteiger partial charge in [-0.1, -0.05) is 0 Å². The Kier molecular flexibility index (Phi) is 3.39. The van der Waals surface area contributed by atoms with Crippen molar-refractivity contribution in [3.63, 3.8) is 0 Å². The monoisotopic (exact) mass is 226 g/mol. The molecule has 2 unspecified atom stereocenters. The van der Waals surface area contributed by atoms with E-state index in [0.717, 1.165) is 31.7 Å². The highest BCUT2D eigenvalue weighted by Crippen LogP contribution is 2.22. The molecule has 1 saturated carbocycles. The molecule has 2 nitrogen and oxygen atoms in total. The minimum Gasteiger partial charge on any atom is -0.382 e. The molecule has 4 heteroatoms. The molecular formula is C12H16F2N2. The highest BCUT2D eigenvalue weighted by Gasteiger charge is 2.19. The Morgan fingerprint density at radius 2 is 1.81 bits per heavy atom. The summed E-state index contributed by atoms with van der Waals surface area (Å²) in [5.41, 5.74) is 6.35. The lowest BCUT2D eigenvalue weighted by atomic mass is 9.91. The van der Waals surface area contributed by atoms with E-state index in [4.69, 9.17) is 5.73 Å². The smallest absolute Gasteiger partial charge is 0.128 e. The van der Waals surface area contributed by atoms with Gasteiger partial charge in [-0.2, -0.15) is 0 Å². The molecule has 1 aromatic carbocycles. The topological polar surface area (TPSA) is 38.0 Å². The molecule has 2 atom stereocenters. The van der Waals surface area contributed by atoms with Crippen molar-refractivity contribution in [1.82, 2.24) is 0 Å². The van der Waals surface area contributed by atoms with Crippen molar-refractivity contribution < 1.29 is 8.78 Å². The van der Waals surface area contributed by atoms with E-state index < -0.39 is 11.6 Å². The average molecular weight is 226 g/mol. The van der Waals surface area contributed by atoms with Gasteiger partial charge >= 0.3 is 0 Å². The van der Waals surface area contributed by atoms with E-state index in [1.54, 1.807) is 0 Å². The van der Waals surface area contributed by atoms with Crippen molar-refractivity contribution in [2.75, 3.05) is 5.32 Å². The van der Waals surface area contributed by atoms with Gasteiger partial charge in [-0.05, 0) is 37.8 Å². The molecule has 0 aliphatic heterocycles.